The van der Waals surface area contributed by atoms with E-state index in [1.165, 1.54) is 30.5 Å². The first-order valence-corrected chi connectivity index (χ1v) is 9.84. The minimum absolute atomic E-state index is 0.107. The molecule has 0 bridgehead atoms. The van der Waals surface area contributed by atoms with Crippen molar-refractivity contribution in [2.45, 2.75) is 37.8 Å². The van der Waals surface area contributed by atoms with Crippen LogP contribution >= 0.6 is 0 Å². The van der Waals surface area contributed by atoms with Gasteiger partial charge in [-0.2, -0.15) is 13.2 Å². The van der Waals surface area contributed by atoms with E-state index in [1.54, 1.807) is 0 Å². The molecule has 2 aromatic carbocycles. The smallest absolute Gasteiger partial charge is 0.302 e. The number of benzene rings is 2. The van der Waals surface area contributed by atoms with Crippen molar-refractivity contribution in [3.05, 3.63) is 71.3 Å². The Kier molecular flexibility index (Phi) is 5.02. The Hall–Kier alpha value is -1.81. The maximum Gasteiger partial charge on any atom is 0.416 e. The number of likely N-dealkylation sites (tertiary alicyclic amines) is 1. The average Bonchev–Trinajstić information content (AvgIpc) is 3.20. The van der Waals surface area contributed by atoms with Crippen molar-refractivity contribution in [3.63, 3.8) is 0 Å². The lowest BCUT2D eigenvalue weighted by molar-refractivity contribution is -0.137. The molecule has 2 aliphatic rings. The second kappa shape index (κ2) is 7.31. The molecular formula is C23H26F3N. The highest BCUT2D eigenvalue weighted by Gasteiger charge is 2.41. The van der Waals surface area contributed by atoms with E-state index >= 15 is 0 Å². The van der Waals surface area contributed by atoms with Gasteiger partial charge in [-0.3, -0.25) is 0 Å². The molecule has 2 unspecified atom stereocenters. The molecule has 1 nitrogen and oxygen atoms in total. The number of rotatable bonds is 4. The van der Waals surface area contributed by atoms with Crippen LogP contribution in [0.3, 0.4) is 0 Å². The van der Waals surface area contributed by atoms with Crippen LogP contribution in [0.15, 0.2) is 54.6 Å². The van der Waals surface area contributed by atoms with Gasteiger partial charge in [-0.15, -0.1) is 0 Å². The molecule has 1 saturated heterocycles. The van der Waals surface area contributed by atoms with Gasteiger partial charge in [0.2, 0.25) is 0 Å². The topological polar surface area (TPSA) is 3.24 Å². The van der Waals surface area contributed by atoms with E-state index in [1.807, 2.05) is 13.0 Å². The highest BCUT2D eigenvalue weighted by molar-refractivity contribution is 5.28. The van der Waals surface area contributed by atoms with Crippen molar-refractivity contribution in [2.75, 3.05) is 19.6 Å². The molecular weight excluding hydrogens is 347 g/mol. The molecule has 4 heteroatoms. The van der Waals surface area contributed by atoms with Crippen LogP contribution < -0.4 is 0 Å². The van der Waals surface area contributed by atoms with E-state index in [2.05, 4.69) is 35.2 Å². The van der Waals surface area contributed by atoms with Gasteiger partial charge in [-0.25, -0.2) is 0 Å². The van der Waals surface area contributed by atoms with Gasteiger partial charge < -0.3 is 4.90 Å². The molecule has 0 amide bonds. The van der Waals surface area contributed by atoms with E-state index in [9.17, 15) is 13.2 Å². The molecule has 0 aromatic heterocycles. The lowest BCUT2D eigenvalue weighted by atomic mass is 9.95. The summed E-state index contributed by atoms with van der Waals surface area (Å²) < 4.78 is 38.9. The first-order chi connectivity index (χ1) is 12.9. The SMILES string of the molecule is CC(CN1C[C@H]2CC(c3ccccc3)C[C@H]2C1)c1cccc(C(F)(F)F)c1. The van der Waals surface area contributed by atoms with Crippen LogP contribution in [0.25, 0.3) is 0 Å². The average molecular weight is 373 g/mol. The van der Waals surface area contributed by atoms with Gasteiger partial charge in [-0.05, 0) is 53.7 Å². The third kappa shape index (κ3) is 4.06. The Balaban J connectivity index is 1.35. The summed E-state index contributed by atoms with van der Waals surface area (Å²) >= 11 is 0. The van der Waals surface area contributed by atoms with E-state index in [-0.39, 0.29) is 5.92 Å². The Morgan fingerprint density at radius 1 is 0.963 bits per heavy atom. The molecule has 2 fully saturated rings. The van der Waals surface area contributed by atoms with E-state index in [4.69, 9.17) is 0 Å². The maximum absolute atomic E-state index is 13.0. The summed E-state index contributed by atoms with van der Waals surface area (Å²) in [6.07, 6.45) is -1.79. The van der Waals surface area contributed by atoms with Crippen LogP contribution in [0.4, 0.5) is 13.2 Å². The second-order valence-corrected chi connectivity index (χ2v) is 8.34. The van der Waals surface area contributed by atoms with Gasteiger partial charge >= 0.3 is 6.18 Å². The van der Waals surface area contributed by atoms with E-state index in [0.29, 0.717) is 5.92 Å². The van der Waals surface area contributed by atoms with Gasteiger partial charge in [0, 0.05) is 19.6 Å². The van der Waals surface area contributed by atoms with Crippen molar-refractivity contribution < 1.29 is 13.2 Å². The summed E-state index contributed by atoms with van der Waals surface area (Å²) in [6, 6.07) is 16.6. The van der Waals surface area contributed by atoms with Crippen LogP contribution in [0, 0.1) is 11.8 Å². The molecule has 1 aliphatic carbocycles. The number of nitrogens with zero attached hydrogens (tertiary/aromatic N) is 1. The zero-order valence-corrected chi connectivity index (χ0v) is 15.6. The normalized spacial score (nSPS) is 26.9. The zero-order valence-electron chi connectivity index (χ0n) is 15.6. The third-order valence-corrected chi connectivity index (χ3v) is 6.41. The van der Waals surface area contributed by atoms with Crippen molar-refractivity contribution in [3.8, 4) is 0 Å². The van der Waals surface area contributed by atoms with E-state index in [0.717, 1.165) is 43.1 Å². The number of hydrogen-bond donors (Lipinski definition) is 0. The molecule has 144 valence electrons. The molecule has 27 heavy (non-hydrogen) atoms. The fourth-order valence-electron chi connectivity index (χ4n) is 5.06. The van der Waals surface area contributed by atoms with Gasteiger partial charge in [0.15, 0.2) is 0 Å². The monoisotopic (exact) mass is 373 g/mol. The fraction of sp³-hybridized carbons (Fsp3) is 0.478. The number of alkyl halides is 3. The van der Waals surface area contributed by atoms with Crippen LogP contribution in [0.2, 0.25) is 0 Å². The molecule has 1 saturated carbocycles. The van der Waals surface area contributed by atoms with Gasteiger partial charge in [0.05, 0.1) is 5.56 Å². The summed E-state index contributed by atoms with van der Waals surface area (Å²) in [6.45, 7) is 5.04. The quantitative estimate of drug-likeness (QED) is 0.642. The van der Waals surface area contributed by atoms with Crippen molar-refractivity contribution >= 4 is 0 Å². The molecule has 4 rings (SSSR count). The Labute approximate surface area is 159 Å². The van der Waals surface area contributed by atoms with Crippen LogP contribution in [-0.4, -0.2) is 24.5 Å². The summed E-state index contributed by atoms with van der Waals surface area (Å²) in [5, 5.41) is 0. The summed E-state index contributed by atoms with van der Waals surface area (Å²) in [4.78, 5) is 2.46. The molecule has 0 spiro atoms. The van der Waals surface area contributed by atoms with Crippen LogP contribution in [-0.2, 0) is 6.18 Å². The molecule has 0 N–H and O–H groups in total. The Morgan fingerprint density at radius 2 is 1.63 bits per heavy atom. The van der Waals surface area contributed by atoms with Crippen molar-refractivity contribution in [2.24, 2.45) is 11.8 Å². The largest absolute Gasteiger partial charge is 0.416 e. The molecule has 1 heterocycles. The Bertz CT molecular complexity index is 757. The predicted octanol–water partition coefficient (Wildman–Crippen LogP) is 5.93. The van der Waals surface area contributed by atoms with Crippen molar-refractivity contribution in [1.29, 1.82) is 0 Å². The van der Waals surface area contributed by atoms with Crippen LogP contribution in [0.5, 0.6) is 0 Å². The molecule has 1 aliphatic heterocycles. The zero-order chi connectivity index (χ0) is 19.0. The third-order valence-electron chi connectivity index (χ3n) is 6.41. The summed E-state index contributed by atoms with van der Waals surface area (Å²) in [5.41, 5.74) is 1.69. The van der Waals surface area contributed by atoms with Gasteiger partial charge in [0.1, 0.15) is 0 Å². The molecule has 2 aromatic rings. The van der Waals surface area contributed by atoms with Crippen molar-refractivity contribution in [1.82, 2.24) is 4.90 Å². The standard InChI is InChI=1S/C23H26F3N/c1-16(18-8-5-9-22(12-18)23(24,25)26)13-27-14-20-10-19(11-21(20)15-27)17-6-3-2-4-7-17/h2-9,12,16,19-21H,10-11,13-15H2,1H3/t16?,19?,20-,21+. The lowest BCUT2D eigenvalue weighted by Gasteiger charge is -2.23. The molecule has 4 atom stereocenters. The fourth-order valence-corrected chi connectivity index (χ4v) is 5.06. The highest BCUT2D eigenvalue weighted by Crippen LogP contribution is 2.46. The number of hydrogen-bond acceptors (Lipinski definition) is 1. The predicted molar refractivity (Wildman–Crippen MR) is 102 cm³/mol. The van der Waals surface area contributed by atoms with Gasteiger partial charge in [0.25, 0.3) is 0 Å². The van der Waals surface area contributed by atoms with E-state index < -0.39 is 11.7 Å². The molecule has 0 radical (unpaired) electrons. The number of halogens is 3. The van der Waals surface area contributed by atoms with Crippen LogP contribution in [0.1, 0.15) is 48.3 Å². The first kappa shape index (κ1) is 18.5. The second-order valence-electron chi connectivity index (χ2n) is 8.34. The van der Waals surface area contributed by atoms with Gasteiger partial charge in [-0.1, -0.05) is 55.5 Å². The minimum Gasteiger partial charge on any atom is -0.302 e. The Morgan fingerprint density at radius 3 is 2.26 bits per heavy atom. The summed E-state index contributed by atoms with van der Waals surface area (Å²) in [7, 11) is 0. The highest BCUT2D eigenvalue weighted by atomic mass is 19.4. The number of fused-ring (bicyclic) bond motifs is 1. The summed E-state index contributed by atoms with van der Waals surface area (Å²) in [5.74, 6) is 2.23. The minimum atomic E-state index is -4.27. The maximum atomic E-state index is 13.0. The lowest BCUT2D eigenvalue weighted by Crippen LogP contribution is -2.27. The first-order valence-electron chi connectivity index (χ1n) is 9.84.